The lowest BCUT2D eigenvalue weighted by molar-refractivity contribution is -0.137. The van der Waals surface area contributed by atoms with Crippen molar-refractivity contribution in [3.63, 3.8) is 0 Å². The number of fused-ring (bicyclic) bond motifs is 1. The van der Waals surface area contributed by atoms with Crippen molar-refractivity contribution in [2.45, 2.75) is 32.0 Å². The van der Waals surface area contributed by atoms with Gasteiger partial charge in [-0.3, -0.25) is 0 Å². The highest BCUT2D eigenvalue weighted by Gasteiger charge is 2.30. The van der Waals surface area contributed by atoms with Crippen LogP contribution in [0.2, 0.25) is 0 Å². The first kappa shape index (κ1) is 21.9. The van der Waals surface area contributed by atoms with E-state index in [9.17, 15) is 13.2 Å². The van der Waals surface area contributed by atoms with Gasteiger partial charge in [-0.15, -0.1) is 0 Å². The van der Waals surface area contributed by atoms with Gasteiger partial charge in [0, 0.05) is 18.8 Å². The van der Waals surface area contributed by atoms with Crippen molar-refractivity contribution in [2.75, 3.05) is 13.1 Å². The summed E-state index contributed by atoms with van der Waals surface area (Å²) in [6, 6.07) is 20.1. The molecule has 158 valence electrons. The van der Waals surface area contributed by atoms with Gasteiger partial charge in [-0.25, -0.2) is 0 Å². The van der Waals surface area contributed by atoms with Crippen LogP contribution in [-0.4, -0.2) is 18.0 Å². The van der Waals surface area contributed by atoms with Gasteiger partial charge in [0.25, 0.3) is 0 Å². The summed E-state index contributed by atoms with van der Waals surface area (Å²) in [4.78, 5) is 2.16. The number of nitrogens with zero attached hydrogens (tertiary/aromatic N) is 1. The number of benzene rings is 3. The van der Waals surface area contributed by atoms with Gasteiger partial charge in [-0.1, -0.05) is 67.2 Å². The summed E-state index contributed by atoms with van der Waals surface area (Å²) in [5.41, 5.74) is 7.96. The average molecular weight is 412 g/mol. The molecule has 3 aromatic carbocycles. The summed E-state index contributed by atoms with van der Waals surface area (Å²) in [7, 11) is 0. The van der Waals surface area contributed by atoms with Crippen LogP contribution in [0.15, 0.2) is 79.0 Å². The van der Waals surface area contributed by atoms with Crippen LogP contribution < -0.4 is 5.73 Å². The molecular weight excluding hydrogens is 385 g/mol. The van der Waals surface area contributed by atoms with Crippen molar-refractivity contribution >= 4 is 10.8 Å². The minimum absolute atomic E-state index is 0.0497. The fourth-order valence-electron chi connectivity index (χ4n) is 3.88. The number of hydrogen-bond donors (Lipinski definition) is 1. The van der Waals surface area contributed by atoms with Gasteiger partial charge < -0.3 is 10.6 Å². The van der Waals surface area contributed by atoms with Gasteiger partial charge in [0.1, 0.15) is 0 Å². The zero-order valence-electron chi connectivity index (χ0n) is 17.1. The standard InChI is InChI=1S/C25H27F3N2/c1-18(17-29)30(15-7-9-20-8-5-12-22(16-20)25(26,27)28)19(2)23-14-6-11-21-10-3-4-13-24(21)23/h3-6,8,10-14,16,19H,1,7,9,15,17,29H2,2H3/t19-/m1/s1. The van der Waals surface area contributed by atoms with E-state index >= 15 is 0 Å². The summed E-state index contributed by atoms with van der Waals surface area (Å²) >= 11 is 0. The van der Waals surface area contributed by atoms with E-state index < -0.39 is 11.7 Å². The van der Waals surface area contributed by atoms with E-state index in [0.717, 1.165) is 11.8 Å². The number of alkyl halides is 3. The molecule has 0 radical (unpaired) electrons. The second-order valence-electron chi connectivity index (χ2n) is 7.51. The highest BCUT2D eigenvalue weighted by molar-refractivity contribution is 5.86. The Balaban J connectivity index is 1.76. The maximum Gasteiger partial charge on any atom is 0.416 e. The van der Waals surface area contributed by atoms with Crippen molar-refractivity contribution in [1.82, 2.24) is 4.90 Å². The molecule has 1 atom stereocenters. The van der Waals surface area contributed by atoms with Crippen molar-refractivity contribution < 1.29 is 13.2 Å². The van der Waals surface area contributed by atoms with Crippen LogP contribution >= 0.6 is 0 Å². The molecule has 0 aliphatic rings. The summed E-state index contributed by atoms with van der Waals surface area (Å²) in [6.07, 6.45) is -3.06. The Morgan fingerprint density at radius 2 is 1.73 bits per heavy atom. The molecule has 0 bridgehead atoms. The Morgan fingerprint density at radius 1 is 1.03 bits per heavy atom. The third-order valence-electron chi connectivity index (χ3n) is 5.50. The fourth-order valence-corrected chi connectivity index (χ4v) is 3.88. The fraction of sp³-hybridized carbons (Fsp3) is 0.280. The van der Waals surface area contributed by atoms with Crippen molar-refractivity contribution in [1.29, 1.82) is 0 Å². The SMILES string of the molecule is C=C(CN)N(CCCc1cccc(C(F)(F)F)c1)[C@H](C)c1cccc2ccccc12. The minimum atomic E-state index is -4.32. The molecule has 0 saturated heterocycles. The predicted molar refractivity (Wildman–Crippen MR) is 117 cm³/mol. The molecule has 2 N–H and O–H groups in total. The molecule has 0 unspecified atom stereocenters. The maximum absolute atomic E-state index is 13.0. The Hall–Kier alpha value is -2.79. The third kappa shape index (κ3) is 5.03. The zero-order chi connectivity index (χ0) is 21.7. The first-order valence-corrected chi connectivity index (χ1v) is 10.1. The molecule has 0 spiro atoms. The third-order valence-corrected chi connectivity index (χ3v) is 5.50. The average Bonchev–Trinajstić information content (AvgIpc) is 2.75. The minimum Gasteiger partial charge on any atom is -0.367 e. The van der Waals surface area contributed by atoms with Gasteiger partial charge in [0.2, 0.25) is 0 Å². The monoisotopic (exact) mass is 412 g/mol. The molecule has 3 rings (SSSR count). The Labute approximate surface area is 175 Å². The topological polar surface area (TPSA) is 29.3 Å². The number of aryl methyl sites for hydroxylation is 1. The molecule has 30 heavy (non-hydrogen) atoms. The normalized spacial score (nSPS) is 12.7. The molecule has 0 saturated carbocycles. The van der Waals surface area contributed by atoms with Crippen LogP contribution in [0, 0.1) is 0 Å². The molecule has 0 aliphatic carbocycles. The Bertz CT molecular complexity index is 1010. The summed E-state index contributed by atoms with van der Waals surface area (Å²) in [6.45, 7) is 7.24. The van der Waals surface area contributed by atoms with Crippen molar-refractivity contribution in [2.24, 2.45) is 5.73 Å². The van der Waals surface area contributed by atoms with E-state index in [1.165, 1.54) is 28.5 Å². The van der Waals surface area contributed by atoms with Crippen LogP contribution in [0.25, 0.3) is 10.8 Å². The van der Waals surface area contributed by atoms with Crippen LogP contribution in [0.5, 0.6) is 0 Å². The van der Waals surface area contributed by atoms with Crippen LogP contribution in [0.1, 0.15) is 36.1 Å². The smallest absolute Gasteiger partial charge is 0.367 e. The van der Waals surface area contributed by atoms with Crippen molar-refractivity contribution in [3.8, 4) is 0 Å². The van der Waals surface area contributed by atoms with Crippen LogP contribution in [0.3, 0.4) is 0 Å². The summed E-state index contributed by atoms with van der Waals surface area (Å²) in [5.74, 6) is 0. The van der Waals surface area contributed by atoms with E-state index in [1.54, 1.807) is 6.07 Å². The highest BCUT2D eigenvalue weighted by atomic mass is 19.4. The number of hydrogen-bond acceptors (Lipinski definition) is 2. The quantitative estimate of drug-likeness (QED) is 0.469. The molecular formula is C25H27F3N2. The van der Waals surface area contributed by atoms with E-state index in [0.29, 0.717) is 31.5 Å². The van der Waals surface area contributed by atoms with Crippen LogP contribution in [-0.2, 0) is 12.6 Å². The largest absolute Gasteiger partial charge is 0.416 e. The second-order valence-corrected chi connectivity index (χ2v) is 7.51. The highest BCUT2D eigenvalue weighted by Crippen LogP contribution is 2.31. The van der Waals surface area contributed by atoms with Gasteiger partial charge in [-0.05, 0) is 47.7 Å². The van der Waals surface area contributed by atoms with Crippen LogP contribution in [0.4, 0.5) is 13.2 Å². The zero-order valence-corrected chi connectivity index (χ0v) is 17.1. The number of nitrogens with two attached hydrogens (primary N) is 1. The lowest BCUT2D eigenvalue weighted by atomic mass is 9.98. The lowest BCUT2D eigenvalue weighted by Crippen LogP contribution is -2.31. The Kier molecular flexibility index (Phi) is 6.83. The van der Waals surface area contributed by atoms with E-state index in [1.807, 2.05) is 18.2 Å². The Morgan fingerprint density at radius 3 is 2.47 bits per heavy atom. The first-order valence-electron chi connectivity index (χ1n) is 10.1. The van der Waals surface area contributed by atoms with Gasteiger partial charge in [-0.2, -0.15) is 13.2 Å². The van der Waals surface area contributed by atoms with Gasteiger partial charge in [0.05, 0.1) is 11.6 Å². The molecule has 2 nitrogen and oxygen atoms in total. The van der Waals surface area contributed by atoms with Gasteiger partial charge in [0.15, 0.2) is 0 Å². The number of rotatable bonds is 8. The summed E-state index contributed by atoms with van der Waals surface area (Å²) in [5, 5.41) is 2.35. The molecule has 0 fully saturated rings. The first-order chi connectivity index (χ1) is 14.3. The van der Waals surface area contributed by atoms with Gasteiger partial charge >= 0.3 is 6.18 Å². The van der Waals surface area contributed by atoms with Crippen molar-refractivity contribution in [3.05, 3.63) is 95.7 Å². The molecule has 5 heteroatoms. The number of halogens is 3. The molecule has 0 aliphatic heterocycles. The molecule has 0 aromatic heterocycles. The molecule has 3 aromatic rings. The lowest BCUT2D eigenvalue weighted by Gasteiger charge is -2.33. The molecule has 0 heterocycles. The second kappa shape index (κ2) is 9.35. The molecule has 0 amide bonds. The maximum atomic E-state index is 13.0. The van der Waals surface area contributed by atoms with E-state index in [2.05, 4.69) is 42.7 Å². The van der Waals surface area contributed by atoms with E-state index in [-0.39, 0.29) is 6.04 Å². The summed E-state index contributed by atoms with van der Waals surface area (Å²) < 4.78 is 38.9. The predicted octanol–water partition coefficient (Wildman–Crippen LogP) is 6.33. The van der Waals surface area contributed by atoms with E-state index in [4.69, 9.17) is 5.73 Å².